The molecule has 1 aliphatic heterocycles. The third-order valence-corrected chi connectivity index (χ3v) is 3.94. The molecular weight excluding hydrogens is 390 g/mol. The third kappa shape index (κ3) is 5.22. The molecule has 0 radical (unpaired) electrons. The minimum absolute atomic E-state index is 0.215. The lowest BCUT2D eigenvalue weighted by atomic mass is 10.1. The Labute approximate surface area is 172 Å². The Bertz CT molecular complexity index is 995. The molecule has 2 aromatic rings. The fourth-order valence-electron chi connectivity index (χ4n) is 2.64. The van der Waals surface area contributed by atoms with E-state index in [1.807, 2.05) is 16.7 Å². The molecule has 0 spiro atoms. The molecule has 0 aromatic heterocycles. The largest absolute Gasteiger partial charge is 0.490 e. The van der Waals surface area contributed by atoms with E-state index in [4.69, 9.17) is 9.47 Å². The number of rotatable bonds is 7. The Hall–Kier alpha value is -4.14. The van der Waals surface area contributed by atoms with Gasteiger partial charge in [-0.15, -0.1) is 0 Å². The van der Waals surface area contributed by atoms with Crippen LogP contribution < -0.4 is 25.4 Å². The highest BCUT2D eigenvalue weighted by molar-refractivity contribution is 6.31. The van der Waals surface area contributed by atoms with E-state index in [0.29, 0.717) is 29.4 Å². The third-order valence-electron chi connectivity index (χ3n) is 3.94. The number of imide groups is 2. The maximum Gasteiger partial charge on any atom is 0.328 e. The van der Waals surface area contributed by atoms with Gasteiger partial charge in [-0.05, 0) is 42.8 Å². The topological polar surface area (TPSA) is 123 Å². The number of hydrogen-bond acceptors (Lipinski definition) is 6. The highest BCUT2D eigenvalue weighted by Gasteiger charge is 2.27. The zero-order chi connectivity index (χ0) is 21.5. The number of barbiturate groups is 1. The van der Waals surface area contributed by atoms with Crippen LogP contribution in [0.4, 0.5) is 10.5 Å². The number of amides is 5. The first kappa shape index (κ1) is 20.6. The summed E-state index contributed by atoms with van der Waals surface area (Å²) in [6.45, 7) is 1.88. The minimum atomic E-state index is -0.866. The van der Waals surface area contributed by atoms with Crippen LogP contribution in [-0.4, -0.2) is 37.0 Å². The van der Waals surface area contributed by atoms with Crippen LogP contribution in [0.1, 0.15) is 12.5 Å². The zero-order valence-electron chi connectivity index (χ0n) is 16.1. The van der Waals surface area contributed by atoms with E-state index < -0.39 is 17.8 Å². The number of hydrogen-bond donors (Lipinski definition) is 3. The summed E-state index contributed by atoms with van der Waals surface area (Å²) >= 11 is 0. The van der Waals surface area contributed by atoms with Crippen molar-refractivity contribution >= 4 is 35.5 Å². The van der Waals surface area contributed by atoms with Crippen LogP contribution in [0.15, 0.2) is 54.1 Å². The summed E-state index contributed by atoms with van der Waals surface area (Å²) in [4.78, 5) is 47.0. The van der Waals surface area contributed by atoms with Gasteiger partial charge < -0.3 is 14.8 Å². The summed E-state index contributed by atoms with van der Waals surface area (Å²) in [7, 11) is 0. The molecule has 0 atom stereocenters. The van der Waals surface area contributed by atoms with Crippen LogP contribution in [0.5, 0.6) is 11.5 Å². The summed E-state index contributed by atoms with van der Waals surface area (Å²) in [5, 5.41) is 6.72. The predicted molar refractivity (Wildman–Crippen MR) is 108 cm³/mol. The molecule has 9 heteroatoms. The van der Waals surface area contributed by atoms with Crippen LogP contribution in [0.25, 0.3) is 6.08 Å². The van der Waals surface area contributed by atoms with Gasteiger partial charge in [-0.2, -0.15) is 0 Å². The fourth-order valence-corrected chi connectivity index (χ4v) is 2.64. The molecule has 1 saturated heterocycles. The second-order valence-corrected chi connectivity index (χ2v) is 6.14. The SMILES string of the molecule is CCOc1cc(C=C2C(=O)NC(=O)NC2=O)ccc1OCC(=O)Nc1ccccc1. The van der Waals surface area contributed by atoms with Crippen molar-refractivity contribution in [2.75, 3.05) is 18.5 Å². The van der Waals surface area contributed by atoms with Gasteiger partial charge in [0.2, 0.25) is 0 Å². The standard InChI is InChI=1S/C21H19N3O6/c1-2-29-17-11-13(10-15-19(26)23-21(28)24-20(15)27)8-9-16(17)30-12-18(25)22-14-6-4-3-5-7-14/h3-11H,2,12H2,1H3,(H,22,25)(H2,23,24,26,27,28). The number of anilines is 1. The van der Waals surface area contributed by atoms with Gasteiger partial charge in [-0.1, -0.05) is 24.3 Å². The molecule has 5 amide bonds. The molecule has 0 unspecified atom stereocenters. The van der Waals surface area contributed by atoms with Gasteiger partial charge in [0, 0.05) is 5.69 Å². The number of nitrogens with one attached hydrogen (secondary N) is 3. The van der Waals surface area contributed by atoms with Crippen molar-refractivity contribution < 1.29 is 28.7 Å². The van der Waals surface area contributed by atoms with Gasteiger partial charge in [0.05, 0.1) is 6.61 Å². The van der Waals surface area contributed by atoms with Crippen LogP contribution >= 0.6 is 0 Å². The molecule has 154 valence electrons. The van der Waals surface area contributed by atoms with E-state index in [-0.39, 0.29) is 18.1 Å². The summed E-state index contributed by atoms with van der Waals surface area (Å²) in [6, 6.07) is 12.8. The van der Waals surface area contributed by atoms with Gasteiger partial charge >= 0.3 is 6.03 Å². The van der Waals surface area contributed by atoms with Crippen LogP contribution in [0.3, 0.4) is 0 Å². The second kappa shape index (κ2) is 9.37. The molecule has 30 heavy (non-hydrogen) atoms. The van der Waals surface area contributed by atoms with Crippen molar-refractivity contribution in [2.24, 2.45) is 0 Å². The minimum Gasteiger partial charge on any atom is -0.490 e. The molecule has 2 aromatic carbocycles. The number of urea groups is 1. The van der Waals surface area contributed by atoms with Gasteiger partial charge in [0.1, 0.15) is 5.57 Å². The van der Waals surface area contributed by atoms with E-state index in [9.17, 15) is 19.2 Å². The molecule has 3 rings (SSSR count). The predicted octanol–water partition coefficient (Wildman–Crippen LogP) is 1.85. The lowest BCUT2D eigenvalue weighted by Crippen LogP contribution is -2.51. The number of carbonyl (C=O) groups is 4. The highest BCUT2D eigenvalue weighted by atomic mass is 16.5. The van der Waals surface area contributed by atoms with E-state index in [1.165, 1.54) is 6.08 Å². The quantitative estimate of drug-likeness (QED) is 0.474. The normalized spacial score (nSPS) is 13.2. The zero-order valence-corrected chi connectivity index (χ0v) is 16.1. The Balaban J connectivity index is 1.72. The summed E-state index contributed by atoms with van der Waals surface area (Å²) in [6.07, 6.45) is 1.32. The van der Waals surface area contributed by atoms with Gasteiger partial charge in [0.15, 0.2) is 18.1 Å². The molecule has 1 heterocycles. The van der Waals surface area contributed by atoms with Crippen molar-refractivity contribution in [1.29, 1.82) is 0 Å². The van der Waals surface area contributed by atoms with E-state index >= 15 is 0 Å². The van der Waals surface area contributed by atoms with E-state index in [2.05, 4.69) is 5.32 Å². The van der Waals surface area contributed by atoms with Gasteiger partial charge in [-0.25, -0.2) is 4.79 Å². The van der Waals surface area contributed by atoms with Crippen LogP contribution in [0, 0.1) is 0 Å². The number of ether oxygens (including phenoxy) is 2. The first-order chi connectivity index (χ1) is 14.5. The van der Waals surface area contributed by atoms with Crippen molar-refractivity contribution in [3.8, 4) is 11.5 Å². The summed E-state index contributed by atoms with van der Waals surface area (Å²) < 4.78 is 11.1. The Morgan fingerprint density at radius 2 is 1.67 bits per heavy atom. The molecule has 9 nitrogen and oxygen atoms in total. The number of carbonyl (C=O) groups excluding carboxylic acids is 4. The van der Waals surface area contributed by atoms with Crippen molar-refractivity contribution in [2.45, 2.75) is 6.92 Å². The lowest BCUT2D eigenvalue weighted by molar-refractivity contribution is -0.124. The van der Waals surface area contributed by atoms with Crippen molar-refractivity contribution in [3.05, 3.63) is 59.7 Å². The fraction of sp³-hybridized carbons (Fsp3) is 0.143. The molecule has 0 bridgehead atoms. The highest BCUT2D eigenvalue weighted by Crippen LogP contribution is 2.29. The average Bonchev–Trinajstić information content (AvgIpc) is 2.71. The molecular formula is C21H19N3O6. The van der Waals surface area contributed by atoms with E-state index in [1.54, 1.807) is 49.4 Å². The Morgan fingerprint density at radius 3 is 2.33 bits per heavy atom. The smallest absolute Gasteiger partial charge is 0.328 e. The van der Waals surface area contributed by atoms with E-state index in [0.717, 1.165) is 0 Å². The maximum absolute atomic E-state index is 12.1. The van der Waals surface area contributed by atoms with Crippen molar-refractivity contribution in [3.63, 3.8) is 0 Å². The number of para-hydroxylation sites is 1. The average molecular weight is 409 g/mol. The van der Waals surface area contributed by atoms with Crippen LogP contribution in [0.2, 0.25) is 0 Å². The first-order valence-corrected chi connectivity index (χ1v) is 9.09. The lowest BCUT2D eigenvalue weighted by Gasteiger charge is -2.15. The molecule has 0 aliphatic carbocycles. The first-order valence-electron chi connectivity index (χ1n) is 9.09. The monoisotopic (exact) mass is 409 g/mol. The van der Waals surface area contributed by atoms with Crippen LogP contribution in [-0.2, 0) is 14.4 Å². The Kier molecular flexibility index (Phi) is 6.43. The molecule has 3 N–H and O–H groups in total. The molecule has 1 aliphatic rings. The van der Waals surface area contributed by atoms with Gasteiger partial charge in [0.25, 0.3) is 17.7 Å². The maximum atomic E-state index is 12.1. The molecule has 0 saturated carbocycles. The summed E-state index contributed by atoms with van der Waals surface area (Å²) in [5.74, 6) is -1.25. The van der Waals surface area contributed by atoms with Gasteiger partial charge in [-0.3, -0.25) is 25.0 Å². The Morgan fingerprint density at radius 1 is 0.967 bits per heavy atom. The number of benzene rings is 2. The summed E-state index contributed by atoms with van der Waals surface area (Å²) in [5.41, 5.74) is 0.919. The van der Waals surface area contributed by atoms with Crippen molar-refractivity contribution in [1.82, 2.24) is 10.6 Å². The second-order valence-electron chi connectivity index (χ2n) is 6.14. The molecule has 1 fully saturated rings.